The van der Waals surface area contributed by atoms with Gasteiger partial charge in [0.2, 0.25) is 0 Å². The number of Topliss-reactive ketones (excluding diaryl/α,β-unsaturated/α-hetero) is 1. The van der Waals surface area contributed by atoms with E-state index in [0.29, 0.717) is 5.56 Å². The second-order valence-electron chi connectivity index (χ2n) is 4.12. The van der Waals surface area contributed by atoms with Gasteiger partial charge in [-0.1, -0.05) is 12.1 Å². The minimum absolute atomic E-state index is 0.0649. The molecule has 1 saturated carbocycles. The highest BCUT2D eigenvalue weighted by Gasteiger charge is 2.48. The van der Waals surface area contributed by atoms with Crippen LogP contribution in [0.1, 0.15) is 35.8 Å². The Morgan fingerprint density at radius 2 is 2.00 bits per heavy atom. The predicted octanol–water partition coefficient (Wildman–Crippen LogP) is 2.14. The summed E-state index contributed by atoms with van der Waals surface area (Å²) in [5.74, 6) is -0.0872. The summed E-state index contributed by atoms with van der Waals surface area (Å²) in [5, 5.41) is 10.8. The van der Waals surface area contributed by atoms with Gasteiger partial charge in [0.15, 0.2) is 0 Å². The van der Waals surface area contributed by atoms with Crippen LogP contribution < -0.4 is 0 Å². The summed E-state index contributed by atoms with van der Waals surface area (Å²) in [6.45, 7) is 0. The van der Waals surface area contributed by atoms with E-state index in [1.54, 1.807) is 6.07 Å². The van der Waals surface area contributed by atoms with Crippen molar-refractivity contribution in [1.29, 1.82) is 0 Å². The van der Waals surface area contributed by atoms with Crippen LogP contribution in [0, 0.1) is 10.1 Å². The van der Waals surface area contributed by atoms with Crippen molar-refractivity contribution >= 4 is 11.5 Å². The number of nitro groups is 1. The van der Waals surface area contributed by atoms with Crippen molar-refractivity contribution in [3.63, 3.8) is 0 Å². The molecular weight excluding hydrogens is 194 g/mol. The quantitative estimate of drug-likeness (QED) is 0.519. The Kier molecular flexibility index (Phi) is 1.52. The van der Waals surface area contributed by atoms with Gasteiger partial charge in [0.25, 0.3) is 5.69 Å². The zero-order valence-corrected chi connectivity index (χ0v) is 7.97. The van der Waals surface area contributed by atoms with Crippen LogP contribution in [0.3, 0.4) is 0 Å². The second-order valence-corrected chi connectivity index (χ2v) is 4.12. The third-order valence-corrected chi connectivity index (χ3v) is 3.47. The highest BCUT2D eigenvalue weighted by molar-refractivity contribution is 6.00. The van der Waals surface area contributed by atoms with Gasteiger partial charge in [-0.25, -0.2) is 0 Å². The summed E-state index contributed by atoms with van der Waals surface area (Å²) < 4.78 is 0. The van der Waals surface area contributed by atoms with Crippen molar-refractivity contribution in [1.82, 2.24) is 0 Å². The molecule has 15 heavy (non-hydrogen) atoms. The van der Waals surface area contributed by atoms with Crippen LogP contribution in [0.5, 0.6) is 0 Å². The average molecular weight is 203 g/mol. The Hall–Kier alpha value is -1.71. The molecule has 0 radical (unpaired) electrons. The van der Waals surface area contributed by atoms with E-state index in [1.807, 2.05) is 6.07 Å². The summed E-state index contributed by atoms with van der Waals surface area (Å²) >= 11 is 0. The van der Waals surface area contributed by atoms with Crippen LogP contribution in [0.4, 0.5) is 5.69 Å². The first-order valence-corrected chi connectivity index (χ1v) is 5.01. The molecule has 2 unspecified atom stereocenters. The van der Waals surface area contributed by atoms with Gasteiger partial charge < -0.3 is 0 Å². The largest absolute Gasteiger partial charge is 0.298 e. The number of nitro benzene ring substituents is 1. The van der Waals surface area contributed by atoms with Gasteiger partial charge in [-0.3, -0.25) is 14.9 Å². The molecule has 2 aliphatic carbocycles. The van der Waals surface area contributed by atoms with E-state index in [0.717, 1.165) is 18.4 Å². The summed E-state index contributed by atoms with van der Waals surface area (Å²) in [6.07, 6.45) is 1.64. The van der Waals surface area contributed by atoms with Crippen LogP contribution in [-0.2, 0) is 4.79 Å². The number of fused-ring (bicyclic) bond motifs is 5. The normalized spacial score (nSPS) is 26.8. The van der Waals surface area contributed by atoms with Gasteiger partial charge in [0.05, 0.1) is 10.8 Å². The van der Waals surface area contributed by atoms with E-state index in [4.69, 9.17) is 0 Å². The fraction of sp³-hybridized carbons (Fsp3) is 0.364. The lowest BCUT2D eigenvalue weighted by Crippen LogP contribution is -2.03. The van der Waals surface area contributed by atoms with E-state index in [1.165, 1.54) is 6.07 Å². The van der Waals surface area contributed by atoms with Crippen LogP contribution in [0.25, 0.3) is 0 Å². The van der Waals surface area contributed by atoms with Crippen LogP contribution in [-0.4, -0.2) is 10.7 Å². The predicted molar refractivity (Wildman–Crippen MR) is 52.8 cm³/mol. The molecule has 0 aliphatic heterocycles. The average Bonchev–Trinajstić information content (AvgIpc) is 2.72. The smallest absolute Gasteiger partial charge is 0.273 e. The molecule has 1 aromatic rings. The Balaban J connectivity index is 2.27. The summed E-state index contributed by atoms with van der Waals surface area (Å²) in [5.41, 5.74) is 1.70. The molecule has 76 valence electrons. The number of hydrogen-bond donors (Lipinski definition) is 0. The number of nitrogens with zero attached hydrogens (tertiary/aromatic N) is 1. The third-order valence-electron chi connectivity index (χ3n) is 3.47. The van der Waals surface area contributed by atoms with E-state index >= 15 is 0 Å². The molecular formula is C11H9NO3. The van der Waals surface area contributed by atoms with Gasteiger partial charge in [0.1, 0.15) is 5.78 Å². The van der Waals surface area contributed by atoms with E-state index in [9.17, 15) is 14.9 Å². The van der Waals surface area contributed by atoms with Crippen LogP contribution in [0.2, 0.25) is 0 Å². The van der Waals surface area contributed by atoms with Crippen molar-refractivity contribution in [2.24, 2.45) is 0 Å². The number of benzene rings is 1. The fourth-order valence-electron chi connectivity index (χ4n) is 2.87. The zero-order valence-electron chi connectivity index (χ0n) is 7.97. The Morgan fingerprint density at radius 3 is 2.73 bits per heavy atom. The van der Waals surface area contributed by atoms with Crippen molar-refractivity contribution in [2.45, 2.75) is 24.7 Å². The van der Waals surface area contributed by atoms with Gasteiger partial charge >= 0.3 is 0 Å². The minimum Gasteiger partial charge on any atom is -0.298 e. The summed E-state index contributed by atoms with van der Waals surface area (Å²) in [7, 11) is 0. The number of carbonyl (C=O) groups is 1. The Bertz CT molecular complexity index is 481. The SMILES string of the molecule is O=C1C2CCC1c1c2cccc1[N+](=O)[O-]. The van der Waals surface area contributed by atoms with Crippen molar-refractivity contribution in [3.05, 3.63) is 39.4 Å². The Morgan fingerprint density at radius 1 is 1.27 bits per heavy atom. The molecule has 2 aliphatic rings. The lowest BCUT2D eigenvalue weighted by molar-refractivity contribution is -0.385. The van der Waals surface area contributed by atoms with Crippen molar-refractivity contribution < 1.29 is 9.72 Å². The highest BCUT2D eigenvalue weighted by atomic mass is 16.6. The summed E-state index contributed by atoms with van der Waals surface area (Å²) in [4.78, 5) is 22.2. The molecule has 2 atom stereocenters. The van der Waals surface area contributed by atoms with Gasteiger partial charge in [-0.05, 0) is 18.4 Å². The number of ketones is 1. The molecule has 0 heterocycles. The fourth-order valence-corrected chi connectivity index (χ4v) is 2.87. The molecule has 2 bridgehead atoms. The first kappa shape index (κ1) is 8.59. The first-order chi connectivity index (χ1) is 7.20. The van der Waals surface area contributed by atoms with E-state index < -0.39 is 0 Å². The zero-order chi connectivity index (χ0) is 10.6. The molecule has 0 amide bonds. The van der Waals surface area contributed by atoms with Gasteiger partial charge in [-0.2, -0.15) is 0 Å². The Labute approximate surface area is 86.1 Å². The molecule has 1 aromatic carbocycles. The molecule has 0 aromatic heterocycles. The highest BCUT2D eigenvalue weighted by Crippen LogP contribution is 2.52. The summed E-state index contributed by atoms with van der Waals surface area (Å²) in [6, 6.07) is 5.02. The molecule has 4 heteroatoms. The van der Waals surface area contributed by atoms with Gasteiger partial charge in [0, 0.05) is 17.5 Å². The number of hydrogen-bond acceptors (Lipinski definition) is 3. The monoisotopic (exact) mass is 203 g/mol. The molecule has 0 N–H and O–H groups in total. The lowest BCUT2D eigenvalue weighted by Gasteiger charge is -2.12. The van der Waals surface area contributed by atoms with E-state index in [-0.39, 0.29) is 28.2 Å². The first-order valence-electron chi connectivity index (χ1n) is 5.01. The topological polar surface area (TPSA) is 60.2 Å². The maximum atomic E-state index is 11.8. The molecule has 0 spiro atoms. The molecule has 1 fully saturated rings. The maximum absolute atomic E-state index is 11.8. The molecule has 3 rings (SSSR count). The second kappa shape index (κ2) is 2.66. The van der Waals surface area contributed by atoms with Crippen molar-refractivity contribution in [3.8, 4) is 0 Å². The number of carbonyl (C=O) groups excluding carboxylic acids is 1. The van der Waals surface area contributed by atoms with Gasteiger partial charge in [-0.15, -0.1) is 0 Å². The lowest BCUT2D eigenvalue weighted by atomic mass is 9.91. The third kappa shape index (κ3) is 0.936. The maximum Gasteiger partial charge on any atom is 0.273 e. The molecule has 4 nitrogen and oxygen atoms in total. The molecule has 0 saturated heterocycles. The standard InChI is InChI=1S/C11H9NO3/c13-11-7-4-5-8(11)10-6(7)2-1-3-9(10)12(14)15/h1-3,7-8H,4-5H2. The number of rotatable bonds is 1. The van der Waals surface area contributed by atoms with Crippen molar-refractivity contribution in [2.75, 3.05) is 0 Å². The van der Waals surface area contributed by atoms with E-state index in [2.05, 4.69) is 0 Å². The van der Waals surface area contributed by atoms with Crippen LogP contribution >= 0.6 is 0 Å². The van der Waals surface area contributed by atoms with Crippen LogP contribution in [0.15, 0.2) is 18.2 Å². The minimum atomic E-state index is -0.382.